The van der Waals surface area contributed by atoms with Crippen LogP contribution in [0.2, 0.25) is 0 Å². The van der Waals surface area contributed by atoms with E-state index in [1.165, 1.54) is 11.8 Å². The van der Waals surface area contributed by atoms with Gasteiger partial charge in [0.05, 0.1) is 19.7 Å². The highest BCUT2D eigenvalue weighted by Crippen LogP contribution is 2.35. The summed E-state index contributed by atoms with van der Waals surface area (Å²) in [4.78, 5) is 29.8. The van der Waals surface area contributed by atoms with Crippen LogP contribution < -0.4 is 9.47 Å². The zero-order valence-corrected chi connectivity index (χ0v) is 18.2. The number of nitrogens with zero attached hydrogens (tertiary/aromatic N) is 2. The van der Waals surface area contributed by atoms with Gasteiger partial charge in [0.1, 0.15) is 6.61 Å². The number of hydrogen-bond donors (Lipinski definition) is 0. The summed E-state index contributed by atoms with van der Waals surface area (Å²) in [5, 5.41) is 2.06. The highest BCUT2D eigenvalue weighted by Gasteiger charge is 2.33. The number of carbonyl (C=O) groups is 2. The molecule has 0 radical (unpaired) electrons. The standard InChI is InChI=1S/C22H28N2O4S/c1-15(2)24(16(3)25)13-22(26)23-11-9-21-17(10-12-29-21)18(23)14-28-20-8-6-5-7-19(20)27-4/h5-8,10,12,15,18H,9,11,13-14H2,1-4H3/t18-/m0/s1. The molecule has 156 valence electrons. The molecule has 1 aliphatic rings. The third-order valence-corrected chi connectivity index (χ3v) is 6.21. The minimum absolute atomic E-state index is 0.0266. The highest BCUT2D eigenvalue weighted by molar-refractivity contribution is 7.10. The van der Waals surface area contributed by atoms with Gasteiger partial charge in [0.2, 0.25) is 11.8 Å². The first-order valence-electron chi connectivity index (χ1n) is 9.81. The molecule has 7 heteroatoms. The van der Waals surface area contributed by atoms with Crippen molar-refractivity contribution in [3.05, 3.63) is 46.2 Å². The molecule has 1 atom stereocenters. The minimum Gasteiger partial charge on any atom is -0.493 e. The number of amides is 2. The Morgan fingerprint density at radius 3 is 2.62 bits per heavy atom. The van der Waals surface area contributed by atoms with Crippen LogP contribution in [0.1, 0.15) is 37.3 Å². The molecule has 2 amide bonds. The minimum atomic E-state index is -0.191. The summed E-state index contributed by atoms with van der Waals surface area (Å²) in [6.45, 7) is 6.38. The van der Waals surface area contributed by atoms with E-state index in [-0.39, 0.29) is 30.4 Å². The second kappa shape index (κ2) is 9.31. The van der Waals surface area contributed by atoms with Crippen molar-refractivity contribution in [3.8, 4) is 11.5 Å². The fourth-order valence-corrected chi connectivity index (χ4v) is 4.60. The van der Waals surface area contributed by atoms with Crippen LogP contribution in [-0.4, -0.2) is 54.5 Å². The molecule has 0 unspecified atom stereocenters. The molecule has 0 spiro atoms. The van der Waals surface area contributed by atoms with Crippen molar-refractivity contribution in [2.24, 2.45) is 0 Å². The van der Waals surface area contributed by atoms with Crippen LogP contribution in [0.4, 0.5) is 0 Å². The Hall–Kier alpha value is -2.54. The molecular formula is C22H28N2O4S. The van der Waals surface area contributed by atoms with Crippen LogP contribution in [0.15, 0.2) is 35.7 Å². The zero-order chi connectivity index (χ0) is 21.0. The predicted molar refractivity (Wildman–Crippen MR) is 113 cm³/mol. The van der Waals surface area contributed by atoms with Gasteiger partial charge in [-0.15, -0.1) is 11.3 Å². The lowest BCUT2D eigenvalue weighted by molar-refractivity contribution is -0.143. The van der Waals surface area contributed by atoms with Gasteiger partial charge in [0, 0.05) is 24.4 Å². The van der Waals surface area contributed by atoms with Crippen LogP contribution in [0.5, 0.6) is 11.5 Å². The average molecular weight is 417 g/mol. The number of hydrogen-bond acceptors (Lipinski definition) is 5. The van der Waals surface area contributed by atoms with Crippen LogP contribution in [0, 0.1) is 0 Å². The maximum atomic E-state index is 13.1. The van der Waals surface area contributed by atoms with Gasteiger partial charge in [0.15, 0.2) is 11.5 Å². The van der Waals surface area contributed by atoms with E-state index in [2.05, 4.69) is 11.4 Å². The molecule has 1 aromatic heterocycles. The van der Waals surface area contributed by atoms with Crippen molar-refractivity contribution in [1.29, 1.82) is 0 Å². The average Bonchev–Trinajstić information content (AvgIpc) is 3.18. The van der Waals surface area contributed by atoms with Gasteiger partial charge < -0.3 is 19.3 Å². The summed E-state index contributed by atoms with van der Waals surface area (Å²) in [5.74, 6) is 1.16. The van der Waals surface area contributed by atoms with Gasteiger partial charge in [-0.05, 0) is 49.4 Å². The predicted octanol–water partition coefficient (Wildman–Crippen LogP) is 3.52. The molecule has 0 fully saturated rings. The van der Waals surface area contributed by atoms with E-state index in [4.69, 9.17) is 9.47 Å². The molecule has 29 heavy (non-hydrogen) atoms. The Morgan fingerprint density at radius 2 is 1.97 bits per heavy atom. The van der Waals surface area contributed by atoms with E-state index >= 15 is 0 Å². The Morgan fingerprint density at radius 1 is 1.24 bits per heavy atom. The van der Waals surface area contributed by atoms with Crippen molar-refractivity contribution in [2.75, 3.05) is 26.8 Å². The van der Waals surface area contributed by atoms with Crippen LogP contribution in [-0.2, 0) is 16.0 Å². The highest BCUT2D eigenvalue weighted by atomic mass is 32.1. The van der Waals surface area contributed by atoms with Crippen molar-refractivity contribution in [2.45, 2.75) is 39.3 Å². The van der Waals surface area contributed by atoms with E-state index < -0.39 is 0 Å². The summed E-state index contributed by atoms with van der Waals surface area (Å²) in [6.07, 6.45) is 0.825. The van der Waals surface area contributed by atoms with Gasteiger partial charge >= 0.3 is 0 Å². The Bertz CT molecular complexity index is 864. The normalized spacial score (nSPS) is 15.8. The molecule has 2 aromatic rings. The maximum absolute atomic E-state index is 13.1. The van der Waals surface area contributed by atoms with Gasteiger partial charge in [-0.1, -0.05) is 12.1 Å². The van der Waals surface area contributed by atoms with Gasteiger partial charge in [-0.25, -0.2) is 0 Å². The fourth-order valence-electron chi connectivity index (χ4n) is 3.68. The molecule has 1 aromatic carbocycles. The van der Waals surface area contributed by atoms with E-state index in [1.807, 2.05) is 43.0 Å². The third-order valence-electron chi connectivity index (χ3n) is 5.21. The molecule has 1 aliphatic heterocycles. The fraction of sp³-hybridized carbons (Fsp3) is 0.455. The van der Waals surface area contributed by atoms with E-state index in [9.17, 15) is 9.59 Å². The van der Waals surface area contributed by atoms with Crippen molar-refractivity contribution >= 4 is 23.2 Å². The second-order valence-corrected chi connectivity index (χ2v) is 8.36. The Balaban J connectivity index is 1.80. The molecular weight excluding hydrogens is 388 g/mol. The summed E-state index contributed by atoms with van der Waals surface area (Å²) in [6, 6.07) is 9.35. The number of benzene rings is 1. The van der Waals surface area contributed by atoms with Gasteiger partial charge in [-0.3, -0.25) is 9.59 Å². The maximum Gasteiger partial charge on any atom is 0.242 e. The molecule has 0 aliphatic carbocycles. The summed E-state index contributed by atoms with van der Waals surface area (Å²) in [7, 11) is 1.61. The summed E-state index contributed by atoms with van der Waals surface area (Å²) >= 11 is 1.71. The van der Waals surface area contributed by atoms with E-state index in [1.54, 1.807) is 23.3 Å². The van der Waals surface area contributed by atoms with Gasteiger partial charge in [-0.2, -0.15) is 0 Å². The Labute approximate surface area is 176 Å². The number of thiophene rings is 1. The molecule has 0 bridgehead atoms. The number of methoxy groups -OCH3 is 1. The van der Waals surface area contributed by atoms with E-state index in [0.29, 0.717) is 24.7 Å². The van der Waals surface area contributed by atoms with Crippen molar-refractivity contribution in [1.82, 2.24) is 9.80 Å². The largest absolute Gasteiger partial charge is 0.493 e. The first kappa shape index (κ1) is 21.2. The smallest absolute Gasteiger partial charge is 0.242 e. The number of rotatable bonds is 7. The monoisotopic (exact) mass is 416 g/mol. The van der Waals surface area contributed by atoms with E-state index in [0.717, 1.165) is 12.0 Å². The molecule has 2 heterocycles. The number of carbonyl (C=O) groups excluding carboxylic acids is 2. The first-order valence-corrected chi connectivity index (χ1v) is 10.7. The first-order chi connectivity index (χ1) is 13.9. The summed E-state index contributed by atoms with van der Waals surface area (Å²) in [5.41, 5.74) is 1.13. The number of para-hydroxylation sites is 2. The number of fused-ring (bicyclic) bond motifs is 1. The zero-order valence-electron chi connectivity index (χ0n) is 17.4. The molecule has 3 rings (SSSR count). The SMILES string of the molecule is COc1ccccc1OC[C@H]1c2ccsc2CCN1C(=O)CN(C(C)=O)C(C)C. The van der Waals surface area contributed by atoms with Crippen molar-refractivity contribution < 1.29 is 19.1 Å². The Kier molecular flexibility index (Phi) is 6.79. The van der Waals surface area contributed by atoms with Gasteiger partial charge in [0.25, 0.3) is 0 Å². The molecule has 6 nitrogen and oxygen atoms in total. The quantitative estimate of drug-likeness (QED) is 0.693. The lowest BCUT2D eigenvalue weighted by atomic mass is 10.0. The second-order valence-electron chi connectivity index (χ2n) is 7.35. The number of ether oxygens (including phenoxy) is 2. The third kappa shape index (κ3) is 4.72. The summed E-state index contributed by atoms with van der Waals surface area (Å²) < 4.78 is 11.5. The van der Waals surface area contributed by atoms with Crippen LogP contribution in [0.25, 0.3) is 0 Å². The molecule has 0 N–H and O–H groups in total. The van der Waals surface area contributed by atoms with Crippen LogP contribution >= 0.6 is 11.3 Å². The topological polar surface area (TPSA) is 59.1 Å². The lowest BCUT2D eigenvalue weighted by Crippen LogP contribution is -2.49. The van der Waals surface area contributed by atoms with Crippen molar-refractivity contribution in [3.63, 3.8) is 0 Å². The molecule has 0 saturated heterocycles. The molecule has 0 saturated carbocycles. The lowest BCUT2D eigenvalue weighted by Gasteiger charge is -2.37. The van der Waals surface area contributed by atoms with Crippen LogP contribution in [0.3, 0.4) is 0 Å².